The number of rotatable bonds is 27. The lowest BCUT2D eigenvalue weighted by molar-refractivity contribution is -0.383. The molecular weight excluding hydrogens is 557 g/mol. The Balaban J connectivity index is 1.47. The minimum Gasteiger partial charge on any atom is -0.327 e. The van der Waals surface area contributed by atoms with Crippen LogP contribution in [-0.2, 0) is 33.5 Å². The summed E-state index contributed by atoms with van der Waals surface area (Å²) in [6, 6.07) is 33.1. The Hall–Kier alpha value is -2.24. The summed E-state index contributed by atoms with van der Waals surface area (Å²) in [5.41, 5.74) is 3.81. The lowest BCUT2D eigenvalue weighted by Gasteiger charge is -2.34. The van der Waals surface area contributed by atoms with Crippen molar-refractivity contribution in [1.82, 2.24) is 0 Å². The van der Waals surface area contributed by atoms with Crippen molar-refractivity contribution >= 4 is 10.2 Å². The molecule has 0 N–H and O–H groups in total. The monoisotopic (exact) mass is 616 g/mol. The molecule has 44 heavy (non-hydrogen) atoms. The van der Waals surface area contributed by atoms with Crippen molar-refractivity contribution in [2.75, 3.05) is 19.8 Å². The Labute approximate surface area is 272 Å². The first kappa shape index (κ1) is 36.2. The molecule has 3 rings (SSSR count). The first-order valence-corrected chi connectivity index (χ1v) is 19.2. The highest BCUT2D eigenvalue weighted by molar-refractivity contribution is 6.08. The predicted molar refractivity (Wildman–Crippen MR) is 190 cm³/mol. The first-order valence-electron chi connectivity index (χ1n) is 17.8. The van der Waals surface area contributed by atoms with Gasteiger partial charge in [-0.3, -0.25) is 0 Å². The largest absolute Gasteiger partial charge is 0.327 e. The third-order valence-electron chi connectivity index (χ3n) is 8.50. The van der Waals surface area contributed by atoms with Crippen molar-refractivity contribution in [2.24, 2.45) is 0 Å². The van der Waals surface area contributed by atoms with Crippen LogP contribution in [0.15, 0.2) is 91.0 Å². The average Bonchev–Trinajstić information content (AvgIpc) is 3.06. The quantitative estimate of drug-likeness (QED) is 0.0485. The smallest absolute Gasteiger partial charge is 0.282 e. The van der Waals surface area contributed by atoms with Crippen LogP contribution < -0.4 is 0 Å². The van der Waals surface area contributed by atoms with Gasteiger partial charge in [0, 0.05) is 16.7 Å². The first-order chi connectivity index (χ1) is 21.8. The van der Waals surface area contributed by atoms with Crippen molar-refractivity contribution in [2.45, 2.75) is 121 Å². The molecular formula is C40H60O3Si. The van der Waals surface area contributed by atoms with Gasteiger partial charge in [0.1, 0.15) is 0 Å². The van der Waals surface area contributed by atoms with Crippen molar-refractivity contribution in [3.05, 3.63) is 108 Å². The van der Waals surface area contributed by atoms with Gasteiger partial charge >= 0.3 is 0 Å². The molecule has 0 aliphatic heterocycles. The van der Waals surface area contributed by atoms with Gasteiger partial charge in [-0.2, -0.15) is 0 Å². The molecule has 0 atom stereocenters. The molecule has 0 aliphatic rings. The fourth-order valence-electron chi connectivity index (χ4n) is 5.78. The van der Waals surface area contributed by atoms with Gasteiger partial charge in [-0.15, -0.1) is 0 Å². The molecule has 0 bridgehead atoms. The molecule has 0 amide bonds. The maximum atomic E-state index is 6.58. The summed E-state index contributed by atoms with van der Waals surface area (Å²) in [5, 5.41) is 0. The molecule has 0 aromatic heterocycles. The van der Waals surface area contributed by atoms with Crippen molar-refractivity contribution in [3.8, 4) is 0 Å². The molecule has 3 nitrogen and oxygen atoms in total. The summed E-state index contributed by atoms with van der Waals surface area (Å²) in [7, 11) is 1.38. The van der Waals surface area contributed by atoms with Crippen molar-refractivity contribution < 1.29 is 14.2 Å². The number of ether oxygens (including phenoxy) is 3. The summed E-state index contributed by atoms with van der Waals surface area (Å²) in [4.78, 5) is 0. The molecule has 3 aromatic carbocycles. The van der Waals surface area contributed by atoms with Crippen LogP contribution in [-0.4, -0.2) is 36.0 Å². The molecule has 0 saturated heterocycles. The van der Waals surface area contributed by atoms with Crippen molar-refractivity contribution in [1.29, 1.82) is 0 Å². The van der Waals surface area contributed by atoms with Gasteiger partial charge in [-0.05, 0) is 42.4 Å². The second-order valence-electron chi connectivity index (χ2n) is 12.3. The zero-order valence-electron chi connectivity index (χ0n) is 27.7. The normalized spacial score (nSPS) is 11.7. The molecule has 0 fully saturated rings. The van der Waals surface area contributed by atoms with Crippen LogP contribution in [0, 0.1) is 0 Å². The molecule has 3 aromatic rings. The van der Waals surface area contributed by atoms with E-state index in [1.165, 1.54) is 110 Å². The summed E-state index contributed by atoms with van der Waals surface area (Å²) >= 11 is 0. The van der Waals surface area contributed by atoms with Gasteiger partial charge in [-0.1, -0.05) is 174 Å². The van der Waals surface area contributed by atoms with Crippen LogP contribution in [0.2, 0.25) is 6.04 Å². The minimum absolute atomic E-state index is 0.570. The van der Waals surface area contributed by atoms with Crippen molar-refractivity contribution in [3.63, 3.8) is 0 Å². The lowest BCUT2D eigenvalue weighted by Crippen LogP contribution is -2.41. The number of hydrogen-bond donors (Lipinski definition) is 0. The molecule has 0 unspecified atom stereocenters. The average molecular weight is 617 g/mol. The molecule has 0 aliphatic carbocycles. The van der Waals surface area contributed by atoms with E-state index in [0.717, 1.165) is 32.1 Å². The second kappa shape index (κ2) is 24.0. The van der Waals surface area contributed by atoms with Crippen LogP contribution in [0.1, 0.15) is 107 Å². The van der Waals surface area contributed by atoms with Crippen LogP contribution in [0.3, 0.4) is 0 Å². The van der Waals surface area contributed by atoms with Gasteiger partial charge in [-0.25, -0.2) is 0 Å². The maximum absolute atomic E-state index is 6.58. The van der Waals surface area contributed by atoms with Crippen LogP contribution in [0.25, 0.3) is 0 Å². The molecule has 0 heterocycles. The molecule has 0 saturated carbocycles. The highest BCUT2D eigenvalue weighted by Gasteiger charge is 2.33. The zero-order valence-corrected chi connectivity index (χ0v) is 29.7. The highest BCUT2D eigenvalue weighted by atomic mass is 28.1. The number of benzene rings is 3. The van der Waals surface area contributed by atoms with Crippen LogP contribution in [0.5, 0.6) is 0 Å². The topological polar surface area (TPSA) is 27.7 Å². The van der Waals surface area contributed by atoms with Crippen LogP contribution in [0.4, 0.5) is 0 Å². The number of unbranched alkanes of at least 4 members (excludes halogenated alkanes) is 12. The fourth-order valence-corrected chi connectivity index (χ4v) is 6.28. The molecule has 242 valence electrons. The second-order valence-corrected chi connectivity index (χ2v) is 13.3. The zero-order chi connectivity index (χ0) is 30.8. The SMILES string of the molecule is [SiH3]CCCCCCCCCCCCCCCC(OCCc1ccccc1)(OCCc1ccccc1)OCCc1ccccc1. The Morgan fingerprint density at radius 2 is 0.682 bits per heavy atom. The van der Waals surface area contributed by atoms with Crippen LogP contribution >= 0.6 is 0 Å². The summed E-state index contributed by atoms with van der Waals surface area (Å²) in [5.74, 6) is -1.02. The Kier molecular flexibility index (Phi) is 19.8. The van der Waals surface area contributed by atoms with E-state index in [1.54, 1.807) is 0 Å². The summed E-state index contributed by atoms with van der Waals surface area (Å²) < 4.78 is 19.7. The third-order valence-corrected chi connectivity index (χ3v) is 9.21. The van der Waals surface area contributed by atoms with E-state index in [-0.39, 0.29) is 0 Å². The van der Waals surface area contributed by atoms with Gasteiger partial charge in [0.05, 0.1) is 19.8 Å². The predicted octanol–water partition coefficient (Wildman–Crippen LogP) is 9.66. The van der Waals surface area contributed by atoms with E-state index in [4.69, 9.17) is 14.2 Å². The standard InChI is InChI=1S/C40H60O3Si/c44-36-22-11-9-7-5-3-1-2-4-6-8-10-21-32-40(41-33-29-37-23-15-12-16-24-37,42-34-30-38-25-17-13-18-26-38)43-35-31-39-27-19-14-20-28-39/h12-20,23-28H,1-11,21-22,29-36H2,44H3. The van der Waals surface area contributed by atoms with E-state index in [1.807, 2.05) is 0 Å². The molecule has 4 heteroatoms. The Morgan fingerprint density at radius 3 is 1.00 bits per heavy atom. The summed E-state index contributed by atoms with van der Waals surface area (Å²) in [6.07, 6.45) is 20.9. The third kappa shape index (κ3) is 16.7. The van der Waals surface area contributed by atoms with E-state index in [2.05, 4.69) is 91.0 Å². The Morgan fingerprint density at radius 1 is 0.386 bits per heavy atom. The van der Waals surface area contributed by atoms with Gasteiger partial charge in [0.25, 0.3) is 5.97 Å². The fraction of sp³-hybridized carbons (Fsp3) is 0.550. The Bertz CT molecular complexity index is 933. The van der Waals surface area contributed by atoms with E-state index in [9.17, 15) is 0 Å². The molecule has 0 radical (unpaired) electrons. The van der Waals surface area contributed by atoms with E-state index < -0.39 is 5.97 Å². The number of hydrogen-bond acceptors (Lipinski definition) is 3. The van der Waals surface area contributed by atoms with E-state index >= 15 is 0 Å². The lowest BCUT2D eigenvalue weighted by atomic mass is 10.0. The minimum atomic E-state index is -1.02. The molecule has 0 spiro atoms. The van der Waals surface area contributed by atoms with Gasteiger partial charge < -0.3 is 14.2 Å². The van der Waals surface area contributed by atoms with Gasteiger partial charge in [0.2, 0.25) is 0 Å². The van der Waals surface area contributed by atoms with E-state index in [0.29, 0.717) is 19.8 Å². The maximum Gasteiger partial charge on any atom is 0.282 e. The highest BCUT2D eigenvalue weighted by Crippen LogP contribution is 2.26. The van der Waals surface area contributed by atoms with Gasteiger partial charge in [0.15, 0.2) is 0 Å². The summed E-state index contributed by atoms with van der Waals surface area (Å²) in [6.45, 7) is 1.71.